The summed E-state index contributed by atoms with van der Waals surface area (Å²) >= 11 is 0. The Morgan fingerprint density at radius 3 is 2.71 bits per heavy atom. The van der Waals surface area contributed by atoms with Gasteiger partial charge in [0.15, 0.2) is 5.82 Å². The van der Waals surface area contributed by atoms with E-state index in [1.165, 1.54) is 0 Å². The first-order valence-corrected chi connectivity index (χ1v) is 6.00. The van der Waals surface area contributed by atoms with Crippen LogP contribution in [-0.2, 0) is 0 Å². The van der Waals surface area contributed by atoms with Crippen LogP contribution in [0.3, 0.4) is 0 Å². The molecule has 1 aromatic rings. The van der Waals surface area contributed by atoms with Gasteiger partial charge in [-0.2, -0.15) is 0 Å². The zero-order chi connectivity index (χ0) is 12.6. The van der Waals surface area contributed by atoms with Gasteiger partial charge in [-0.05, 0) is 18.6 Å². The zero-order valence-corrected chi connectivity index (χ0v) is 10.9. The number of nitrogens with one attached hydrogen (secondary N) is 1. The van der Waals surface area contributed by atoms with Crippen LogP contribution >= 0.6 is 0 Å². The van der Waals surface area contributed by atoms with Gasteiger partial charge in [0.25, 0.3) is 0 Å². The number of aliphatic hydroxyl groups is 1. The Hall–Kier alpha value is -1.29. The second-order valence-electron chi connectivity index (χ2n) is 5.54. The van der Waals surface area contributed by atoms with Crippen LogP contribution in [0.15, 0.2) is 18.3 Å². The molecule has 2 rings (SSSR count). The average molecular weight is 235 g/mol. The molecule has 0 amide bonds. The van der Waals surface area contributed by atoms with E-state index >= 15 is 0 Å². The summed E-state index contributed by atoms with van der Waals surface area (Å²) in [5.41, 5.74) is 0.960. The molecule has 0 bridgehead atoms. The van der Waals surface area contributed by atoms with Crippen molar-refractivity contribution in [1.82, 2.24) is 4.98 Å². The van der Waals surface area contributed by atoms with Gasteiger partial charge in [-0.3, -0.25) is 0 Å². The second kappa shape index (κ2) is 4.18. The number of pyridine rings is 1. The molecule has 94 valence electrons. The van der Waals surface area contributed by atoms with Crippen LogP contribution in [0.25, 0.3) is 0 Å². The third-order valence-corrected chi connectivity index (χ3v) is 3.76. The SMILES string of the molecule is CN(C)c1ncccc1NC1CC(O)C1(C)C. The molecular formula is C13H21N3O. The van der Waals surface area contributed by atoms with E-state index in [0.29, 0.717) is 6.04 Å². The van der Waals surface area contributed by atoms with Crippen molar-refractivity contribution < 1.29 is 5.11 Å². The van der Waals surface area contributed by atoms with Crippen molar-refractivity contribution in [2.75, 3.05) is 24.3 Å². The smallest absolute Gasteiger partial charge is 0.151 e. The zero-order valence-electron chi connectivity index (χ0n) is 10.9. The van der Waals surface area contributed by atoms with Crippen LogP contribution in [0.2, 0.25) is 0 Å². The summed E-state index contributed by atoms with van der Waals surface area (Å²) in [6.45, 7) is 4.18. The van der Waals surface area contributed by atoms with Crippen molar-refractivity contribution in [1.29, 1.82) is 0 Å². The predicted molar refractivity (Wildman–Crippen MR) is 70.4 cm³/mol. The van der Waals surface area contributed by atoms with Crippen LogP contribution in [0.1, 0.15) is 20.3 Å². The summed E-state index contributed by atoms with van der Waals surface area (Å²) in [4.78, 5) is 6.35. The minimum absolute atomic E-state index is 0.0700. The minimum atomic E-state index is -0.209. The van der Waals surface area contributed by atoms with Gasteiger partial charge in [0.2, 0.25) is 0 Å². The third-order valence-electron chi connectivity index (χ3n) is 3.76. The molecule has 1 heterocycles. The molecule has 0 aromatic carbocycles. The summed E-state index contributed by atoms with van der Waals surface area (Å²) in [5, 5.41) is 13.2. The molecule has 1 saturated carbocycles. The standard InChI is InChI=1S/C13H21N3O/c1-13(2)10(8-11(13)17)15-9-6-5-7-14-12(9)16(3)4/h5-7,10-11,15,17H,8H2,1-4H3. The largest absolute Gasteiger partial charge is 0.392 e. The van der Waals surface area contributed by atoms with Crippen molar-refractivity contribution in [3.8, 4) is 0 Å². The maximum Gasteiger partial charge on any atom is 0.151 e. The number of rotatable bonds is 3. The molecule has 1 aliphatic carbocycles. The molecule has 4 heteroatoms. The molecule has 0 saturated heterocycles. The first kappa shape index (κ1) is 12.2. The highest BCUT2D eigenvalue weighted by atomic mass is 16.3. The fourth-order valence-corrected chi connectivity index (χ4v) is 2.20. The van der Waals surface area contributed by atoms with E-state index in [0.717, 1.165) is 17.9 Å². The minimum Gasteiger partial charge on any atom is -0.392 e. The molecule has 2 N–H and O–H groups in total. The van der Waals surface area contributed by atoms with Crippen molar-refractivity contribution in [2.45, 2.75) is 32.4 Å². The number of aromatic nitrogens is 1. The number of anilines is 2. The van der Waals surface area contributed by atoms with Gasteiger partial charge in [-0.25, -0.2) is 4.98 Å². The summed E-state index contributed by atoms with van der Waals surface area (Å²) in [6.07, 6.45) is 2.38. The van der Waals surface area contributed by atoms with Crippen LogP contribution in [0, 0.1) is 5.41 Å². The number of aliphatic hydroxyl groups excluding tert-OH is 1. The fourth-order valence-electron chi connectivity index (χ4n) is 2.20. The highest BCUT2D eigenvalue weighted by Gasteiger charge is 2.47. The third kappa shape index (κ3) is 2.09. The Morgan fingerprint density at radius 2 is 2.18 bits per heavy atom. The van der Waals surface area contributed by atoms with E-state index in [2.05, 4.69) is 24.1 Å². The van der Waals surface area contributed by atoms with Crippen LogP contribution in [-0.4, -0.2) is 36.3 Å². The Balaban J connectivity index is 2.15. The number of nitrogens with zero attached hydrogens (tertiary/aromatic N) is 2. The van der Waals surface area contributed by atoms with Gasteiger partial charge in [-0.1, -0.05) is 13.8 Å². The first-order valence-electron chi connectivity index (χ1n) is 6.00. The van der Waals surface area contributed by atoms with Crippen molar-refractivity contribution in [3.05, 3.63) is 18.3 Å². The molecule has 2 atom stereocenters. The monoisotopic (exact) mass is 235 g/mol. The quantitative estimate of drug-likeness (QED) is 0.837. The van der Waals surface area contributed by atoms with Gasteiger partial charge in [0.05, 0.1) is 11.8 Å². The van der Waals surface area contributed by atoms with Gasteiger partial charge in [-0.15, -0.1) is 0 Å². The highest BCUT2D eigenvalue weighted by molar-refractivity contribution is 5.65. The Bertz CT molecular complexity index is 403. The first-order chi connectivity index (χ1) is 7.93. The molecule has 0 radical (unpaired) electrons. The van der Waals surface area contributed by atoms with Gasteiger partial charge in [0.1, 0.15) is 0 Å². The van der Waals surface area contributed by atoms with E-state index in [-0.39, 0.29) is 11.5 Å². The molecule has 1 aromatic heterocycles. The van der Waals surface area contributed by atoms with E-state index < -0.39 is 0 Å². The molecular weight excluding hydrogens is 214 g/mol. The number of hydrogen-bond donors (Lipinski definition) is 2. The summed E-state index contributed by atoms with van der Waals surface area (Å²) < 4.78 is 0. The van der Waals surface area contributed by atoms with E-state index in [9.17, 15) is 5.11 Å². The molecule has 0 spiro atoms. The lowest BCUT2D eigenvalue weighted by Crippen LogP contribution is -2.57. The fraction of sp³-hybridized carbons (Fsp3) is 0.615. The van der Waals surface area contributed by atoms with Crippen molar-refractivity contribution in [2.24, 2.45) is 5.41 Å². The Kier molecular flexibility index (Phi) is 3.00. The highest BCUT2D eigenvalue weighted by Crippen LogP contribution is 2.42. The Morgan fingerprint density at radius 1 is 1.47 bits per heavy atom. The molecule has 1 fully saturated rings. The van der Waals surface area contributed by atoms with E-state index in [4.69, 9.17) is 0 Å². The van der Waals surface area contributed by atoms with Crippen LogP contribution in [0.5, 0.6) is 0 Å². The van der Waals surface area contributed by atoms with Crippen LogP contribution in [0.4, 0.5) is 11.5 Å². The predicted octanol–water partition coefficient (Wildman–Crippen LogP) is 1.72. The topological polar surface area (TPSA) is 48.4 Å². The van der Waals surface area contributed by atoms with Gasteiger partial charge >= 0.3 is 0 Å². The molecule has 1 aliphatic rings. The average Bonchev–Trinajstić information content (AvgIpc) is 2.29. The lowest BCUT2D eigenvalue weighted by molar-refractivity contribution is -0.0510. The summed E-state index contributed by atoms with van der Waals surface area (Å²) in [7, 11) is 3.96. The maximum atomic E-state index is 9.74. The molecule has 0 aliphatic heterocycles. The molecule has 4 nitrogen and oxygen atoms in total. The molecule has 17 heavy (non-hydrogen) atoms. The Labute approximate surface area is 103 Å². The second-order valence-corrected chi connectivity index (χ2v) is 5.54. The normalized spacial score (nSPS) is 26.2. The van der Waals surface area contributed by atoms with Gasteiger partial charge < -0.3 is 15.3 Å². The lowest BCUT2D eigenvalue weighted by Gasteiger charge is -2.50. The summed E-state index contributed by atoms with van der Waals surface area (Å²) in [5.74, 6) is 0.935. The van der Waals surface area contributed by atoms with Crippen molar-refractivity contribution >= 4 is 11.5 Å². The van der Waals surface area contributed by atoms with Crippen LogP contribution < -0.4 is 10.2 Å². The van der Waals surface area contributed by atoms with E-state index in [1.54, 1.807) is 6.20 Å². The lowest BCUT2D eigenvalue weighted by atomic mass is 9.64. The van der Waals surface area contributed by atoms with Gasteiger partial charge in [0, 0.05) is 31.7 Å². The molecule has 2 unspecified atom stereocenters. The van der Waals surface area contributed by atoms with Crippen molar-refractivity contribution in [3.63, 3.8) is 0 Å². The maximum absolute atomic E-state index is 9.74. The van der Waals surface area contributed by atoms with E-state index in [1.807, 2.05) is 31.1 Å². The summed E-state index contributed by atoms with van der Waals surface area (Å²) in [6, 6.07) is 4.26. The number of hydrogen-bond acceptors (Lipinski definition) is 4.